The predicted molar refractivity (Wildman–Crippen MR) is 165 cm³/mol. The van der Waals surface area contributed by atoms with E-state index in [0.29, 0.717) is 30.5 Å². The van der Waals surface area contributed by atoms with Gasteiger partial charge in [0.15, 0.2) is 0 Å². The highest BCUT2D eigenvalue weighted by molar-refractivity contribution is 6.31. The van der Waals surface area contributed by atoms with E-state index in [2.05, 4.69) is 43.2 Å². The van der Waals surface area contributed by atoms with Crippen LogP contribution >= 0.6 is 11.6 Å². The monoisotopic (exact) mass is 616 g/mol. The number of nitrogens with one attached hydrogen (secondary N) is 2. The summed E-state index contributed by atoms with van der Waals surface area (Å²) >= 11 is 5.94. The average Bonchev–Trinajstić information content (AvgIpc) is 3.61. The summed E-state index contributed by atoms with van der Waals surface area (Å²) in [6.07, 6.45) is 8.93. The summed E-state index contributed by atoms with van der Waals surface area (Å²) in [7, 11) is 0. The van der Waals surface area contributed by atoms with Gasteiger partial charge in [-0.2, -0.15) is 0 Å². The van der Waals surface area contributed by atoms with E-state index in [1.165, 1.54) is 18.2 Å². The average molecular weight is 617 g/mol. The molecule has 0 radical (unpaired) electrons. The van der Waals surface area contributed by atoms with Crippen molar-refractivity contribution in [1.82, 2.24) is 15.1 Å². The first-order valence-electron chi connectivity index (χ1n) is 16.1. The van der Waals surface area contributed by atoms with Gasteiger partial charge in [-0.05, 0) is 75.4 Å². The van der Waals surface area contributed by atoms with E-state index in [1.807, 2.05) is 12.2 Å². The molecule has 236 valence electrons. The molecule has 8 atom stereocenters. The van der Waals surface area contributed by atoms with Crippen LogP contribution < -0.4 is 10.6 Å². The predicted octanol–water partition coefficient (Wildman–Crippen LogP) is 5.02. The number of benzene rings is 1. The summed E-state index contributed by atoms with van der Waals surface area (Å²) in [4.78, 5) is 46.2. The Morgan fingerprint density at radius 2 is 1.88 bits per heavy atom. The van der Waals surface area contributed by atoms with E-state index in [-0.39, 0.29) is 22.9 Å². The van der Waals surface area contributed by atoms with Crippen LogP contribution in [0.15, 0.2) is 30.4 Å². The minimum Gasteiger partial charge on any atom is -0.359 e. The molecule has 1 aliphatic carbocycles. The number of fused-ring (bicyclic) bond motifs is 1. The maximum absolute atomic E-state index is 14.3. The van der Waals surface area contributed by atoms with Gasteiger partial charge in [-0.1, -0.05) is 64.3 Å². The van der Waals surface area contributed by atoms with Gasteiger partial charge in [0.25, 0.3) is 0 Å². The number of amides is 3. The lowest BCUT2D eigenvalue weighted by atomic mass is 9.73. The number of hydrogen-bond acceptors (Lipinski definition) is 5. The summed E-state index contributed by atoms with van der Waals surface area (Å²) in [6, 6.07) is 3.13. The smallest absolute Gasteiger partial charge is 0.246 e. The number of halogens is 2. The molecular formula is C33H46ClFN4O4. The molecule has 1 aromatic carbocycles. The summed E-state index contributed by atoms with van der Waals surface area (Å²) in [5, 5.41) is 6.01. The molecule has 3 aliphatic heterocycles. The van der Waals surface area contributed by atoms with Crippen molar-refractivity contribution in [2.45, 2.75) is 90.0 Å². The van der Waals surface area contributed by atoms with E-state index < -0.39 is 41.3 Å². The SMILES string of the molecule is CCCN(CCC)CCCN1C(=O)[C@H]2C(C(=O)Nc3ccc(F)c(Cl)c3)[C@H]3C=CC2(O3)C1C(=O)NC1CCCC(C)C1C. The molecule has 3 fully saturated rings. The highest BCUT2D eigenvalue weighted by atomic mass is 35.5. The van der Waals surface area contributed by atoms with Crippen molar-refractivity contribution in [2.75, 3.05) is 31.5 Å². The number of carbonyl (C=O) groups is 3. The lowest BCUT2D eigenvalue weighted by molar-refractivity contribution is -0.141. The third kappa shape index (κ3) is 6.09. The lowest BCUT2D eigenvalue weighted by Crippen LogP contribution is -2.58. The van der Waals surface area contributed by atoms with Crippen LogP contribution in [-0.2, 0) is 19.1 Å². The normalized spacial score (nSPS) is 32.9. The van der Waals surface area contributed by atoms with Crippen LogP contribution in [0.2, 0.25) is 5.02 Å². The van der Waals surface area contributed by atoms with Gasteiger partial charge in [0.2, 0.25) is 17.7 Å². The Labute approximate surface area is 259 Å². The fraction of sp³-hybridized carbons (Fsp3) is 0.667. The molecule has 0 aromatic heterocycles. The fourth-order valence-corrected chi connectivity index (χ4v) is 7.97. The first-order valence-corrected chi connectivity index (χ1v) is 16.4. The molecule has 2 N–H and O–H groups in total. The Hall–Kier alpha value is -2.49. The van der Waals surface area contributed by atoms with Gasteiger partial charge in [-0.25, -0.2) is 4.39 Å². The number of carbonyl (C=O) groups excluding carboxylic acids is 3. The molecule has 43 heavy (non-hydrogen) atoms. The van der Waals surface area contributed by atoms with Crippen molar-refractivity contribution in [3.05, 3.63) is 41.2 Å². The molecule has 2 saturated heterocycles. The number of rotatable bonds is 12. The minimum absolute atomic E-state index is 0.0261. The van der Waals surface area contributed by atoms with E-state index >= 15 is 0 Å². The van der Waals surface area contributed by atoms with E-state index in [9.17, 15) is 18.8 Å². The van der Waals surface area contributed by atoms with Crippen LogP contribution in [0.5, 0.6) is 0 Å². The quantitative estimate of drug-likeness (QED) is 0.322. The number of ether oxygens (including phenoxy) is 1. The minimum atomic E-state index is -1.22. The zero-order valence-corrected chi connectivity index (χ0v) is 26.5. The molecule has 1 aromatic rings. The molecular weight excluding hydrogens is 571 g/mol. The molecule has 5 rings (SSSR count). The van der Waals surface area contributed by atoms with E-state index in [0.717, 1.165) is 51.7 Å². The second kappa shape index (κ2) is 13.2. The van der Waals surface area contributed by atoms with Gasteiger partial charge in [0.1, 0.15) is 17.5 Å². The highest BCUT2D eigenvalue weighted by Gasteiger charge is 2.72. The Bertz CT molecular complexity index is 1240. The molecule has 1 saturated carbocycles. The van der Waals surface area contributed by atoms with Gasteiger partial charge in [0.05, 0.1) is 23.0 Å². The van der Waals surface area contributed by atoms with Crippen LogP contribution in [-0.4, -0.2) is 77.5 Å². The first-order chi connectivity index (χ1) is 20.6. The summed E-state index contributed by atoms with van der Waals surface area (Å²) < 4.78 is 20.2. The van der Waals surface area contributed by atoms with Gasteiger partial charge in [0, 0.05) is 18.3 Å². The summed E-state index contributed by atoms with van der Waals surface area (Å²) in [5.41, 5.74) is -0.884. The Balaban J connectivity index is 1.40. The summed E-state index contributed by atoms with van der Waals surface area (Å²) in [6.45, 7) is 11.9. The Morgan fingerprint density at radius 1 is 1.14 bits per heavy atom. The fourth-order valence-electron chi connectivity index (χ4n) is 7.79. The molecule has 3 heterocycles. The van der Waals surface area contributed by atoms with Crippen molar-refractivity contribution in [3.63, 3.8) is 0 Å². The van der Waals surface area contributed by atoms with Crippen LogP contribution in [0.3, 0.4) is 0 Å². The zero-order chi connectivity index (χ0) is 30.9. The van der Waals surface area contributed by atoms with Gasteiger partial charge in [-0.3, -0.25) is 14.4 Å². The second-order valence-electron chi connectivity index (χ2n) is 12.9. The van der Waals surface area contributed by atoms with Gasteiger partial charge >= 0.3 is 0 Å². The molecule has 8 nitrogen and oxygen atoms in total. The number of likely N-dealkylation sites (tertiary alicyclic amines) is 1. The van der Waals surface area contributed by atoms with Crippen LogP contribution in [0.4, 0.5) is 10.1 Å². The van der Waals surface area contributed by atoms with Crippen molar-refractivity contribution >= 4 is 35.0 Å². The van der Waals surface area contributed by atoms with Crippen LogP contribution in [0.1, 0.15) is 66.2 Å². The van der Waals surface area contributed by atoms with Gasteiger partial charge < -0.3 is 25.2 Å². The maximum Gasteiger partial charge on any atom is 0.246 e. The first kappa shape index (κ1) is 31.9. The maximum atomic E-state index is 14.3. The van der Waals surface area contributed by atoms with Crippen molar-refractivity contribution in [1.29, 1.82) is 0 Å². The van der Waals surface area contributed by atoms with Gasteiger partial charge in [-0.15, -0.1) is 0 Å². The Kier molecular flexibility index (Phi) is 9.83. The number of hydrogen-bond donors (Lipinski definition) is 2. The molecule has 1 spiro atoms. The van der Waals surface area contributed by atoms with Crippen molar-refractivity contribution in [3.8, 4) is 0 Å². The third-order valence-electron chi connectivity index (χ3n) is 10.1. The van der Waals surface area contributed by atoms with Crippen LogP contribution in [0.25, 0.3) is 0 Å². The third-order valence-corrected chi connectivity index (χ3v) is 10.4. The number of anilines is 1. The van der Waals surface area contributed by atoms with Crippen molar-refractivity contribution < 1.29 is 23.5 Å². The lowest BCUT2D eigenvalue weighted by Gasteiger charge is -2.38. The molecule has 3 amide bonds. The Morgan fingerprint density at radius 3 is 2.58 bits per heavy atom. The summed E-state index contributed by atoms with van der Waals surface area (Å²) in [5.74, 6) is -2.27. The zero-order valence-electron chi connectivity index (χ0n) is 25.8. The molecule has 6 unspecified atom stereocenters. The standard InChI is InChI=1S/C33H46ClFN4O4/c1-5-15-38(16-6-2)17-8-18-39-29(31(41)37-25-10-7-9-20(3)21(25)4)33-14-13-26(43-33)27(28(33)32(39)42)30(40)36-22-11-12-24(35)23(34)19-22/h11-14,19-21,25-29H,5-10,15-18H2,1-4H3,(H,36,40)(H,37,41)/t20?,21?,25?,26-,27?,28-,29?,33?/m1/s1. The number of nitrogens with zero attached hydrogens (tertiary/aromatic N) is 2. The molecule has 4 aliphatic rings. The highest BCUT2D eigenvalue weighted by Crippen LogP contribution is 2.55. The van der Waals surface area contributed by atoms with E-state index in [1.54, 1.807) is 4.90 Å². The van der Waals surface area contributed by atoms with E-state index in [4.69, 9.17) is 16.3 Å². The molecule has 2 bridgehead atoms. The van der Waals surface area contributed by atoms with Crippen molar-refractivity contribution in [2.24, 2.45) is 23.7 Å². The molecule has 10 heteroatoms. The largest absolute Gasteiger partial charge is 0.359 e. The van der Waals surface area contributed by atoms with Crippen LogP contribution in [0, 0.1) is 29.5 Å². The topological polar surface area (TPSA) is 91.0 Å². The second-order valence-corrected chi connectivity index (χ2v) is 13.3.